The van der Waals surface area contributed by atoms with Gasteiger partial charge in [-0.2, -0.15) is 0 Å². The Bertz CT molecular complexity index is 588. The van der Waals surface area contributed by atoms with Gasteiger partial charge in [-0.05, 0) is 29.1 Å². The van der Waals surface area contributed by atoms with Crippen molar-refractivity contribution in [2.45, 2.75) is 6.04 Å². The first-order valence-electron chi connectivity index (χ1n) is 7.11. The normalized spacial score (nSPS) is 16.8. The minimum Gasteiger partial charge on any atom is -0.494 e. The third-order valence-corrected chi connectivity index (χ3v) is 4.75. The Balaban J connectivity index is 0.00000176. The van der Waals surface area contributed by atoms with E-state index in [1.165, 1.54) is 18.1 Å². The highest BCUT2D eigenvalue weighted by atomic mass is 35.5. The first-order valence-corrected chi connectivity index (χ1v) is 7.99. The van der Waals surface area contributed by atoms with Gasteiger partial charge in [0.05, 0.1) is 13.2 Å². The number of piperazine rings is 1. The second kappa shape index (κ2) is 7.92. The predicted molar refractivity (Wildman–Crippen MR) is 90.8 cm³/mol. The summed E-state index contributed by atoms with van der Waals surface area (Å²) in [6.07, 6.45) is 0. The van der Waals surface area contributed by atoms with Gasteiger partial charge < -0.3 is 10.1 Å². The van der Waals surface area contributed by atoms with E-state index in [1.54, 1.807) is 11.3 Å². The van der Waals surface area contributed by atoms with Gasteiger partial charge in [-0.1, -0.05) is 12.1 Å². The van der Waals surface area contributed by atoms with Crippen molar-refractivity contribution in [3.8, 4) is 5.75 Å². The first-order chi connectivity index (χ1) is 10.3. The Kier molecular flexibility index (Phi) is 6.20. The maximum absolute atomic E-state index is 13.7. The average Bonchev–Trinajstić information content (AvgIpc) is 3.04. The van der Waals surface area contributed by atoms with Crippen LogP contribution in [0, 0.1) is 5.82 Å². The van der Waals surface area contributed by atoms with Crippen LogP contribution in [0.2, 0.25) is 0 Å². The molecule has 1 fully saturated rings. The van der Waals surface area contributed by atoms with Crippen molar-refractivity contribution in [1.29, 1.82) is 0 Å². The van der Waals surface area contributed by atoms with Gasteiger partial charge in [0.15, 0.2) is 11.6 Å². The minimum absolute atomic E-state index is 0. The van der Waals surface area contributed by atoms with Crippen LogP contribution in [0.5, 0.6) is 5.75 Å². The molecule has 0 bridgehead atoms. The van der Waals surface area contributed by atoms with Gasteiger partial charge in [-0.15, -0.1) is 23.7 Å². The van der Waals surface area contributed by atoms with Crippen LogP contribution in [-0.4, -0.2) is 38.2 Å². The molecule has 1 aromatic heterocycles. The van der Waals surface area contributed by atoms with Crippen LogP contribution in [0.3, 0.4) is 0 Å². The number of benzene rings is 1. The molecular formula is C16H20ClFN2OS. The molecule has 22 heavy (non-hydrogen) atoms. The molecule has 3 nitrogen and oxygen atoms in total. The minimum atomic E-state index is -0.313. The van der Waals surface area contributed by atoms with E-state index in [0.29, 0.717) is 5.75 Å². The van der Waals surface area contributed by atoms with Gasteiger partial charge in [0.2, 0.25) is 0 Å². The molecule has 1 aliphatic heterocycles. The van der Waals surface area contributed by atoms with Crippen molar-refractivity contribution >= 4 is 23.7 Å². The summed E-state index contributed by atoms with van der Waals surface area (Å²) in [5.41, 5.74) is 1.08. The summed E-state index contributed by atoms with van der Waals surface area (Å²) in [5.74, 6) is -0.00400. The molecule has 1 N–H and O–H groups in total. The zero-order valence-electron chi connectivity index (χ0n) is 12.4. The van der Waals surface area contributed by atoms with Gasteiger partial charge >= 0.3 is 0 Å². The topological polar surface area (TPSA) is 24.5 Å². The van der Waals surface area contributed by atoms with Crippen molar-refractivity contribution in [2.75, 3.05) is 33.3 Å². The van der Waals surface area contributed by atoms with E-state index in [4.69, 9.17) is 4.74 Å². The number of nitrogens with zero attached hydrogens (tertiary/aromatic N) is 1. The summed E-state index contributed by atoms with van der Waals surface area (Å²) in [6.45, 7) is 3.95. The lowest BCUT2D eigenvalue weighted by Gasteiger charge is -2.34. The number of ether oxygens (including phenoxy) is 1. The predicted octanol–water partition coefficient (Wildman–Crippen LogP) is 3.31. The Morgan fingerprint density at radius 2 is 2.05 bits per heavy atom. The molecule has 0 aliphatic carbocycles. The van der Waals surface area contributed by atoms with Crippen LogP contribution in [0.25, 0.3) is 0 Å². The van der Waals surface area contributed by atoms with E-state index in [-0.39, 0.29) is 24.3 Å². The molecule has 0 spiro atoms. The third-order valence-electron chi connectivity index (χ3n) is 3.82. The van der Waals surface area contributed by atoms with E-state index >= 15 is 0 Å². The zero-order chi connectivity index (χ0) is 14.7. The lowest BCUT2D eigenvalue weighted by Crippen LogP contribution is -2.45. The summed E-state index contributed by atoms with van der Waals surface area (Å²) < 4.78 is 18.8. The summed E-state index contributed by atoms with van der Waals surface area (Å²) in [7, 11) is 1.51. The molecule has 1 aromatic carbocycles. The van der Waals surface area contributed by atoms with Crippen molar-refractivity contribution in [3.63, 3.8) is 0 Å². The number of nitrogens with one attached hydrogen (secondary N) is 1. The fourth-order valence-electron chi connectivity index (χ4n) is 2.79. The molecule has 120 valence electrons. The Morgan fingerprint density at radius 1 is 1.27 bits per heavy atom. The first kappa shape index (κ1) is 17.2. The lowest BCUT2D eigenvalue weighted by atomic mass is 10.0. The Morgan fingerprint density at radius 3 is 2.68 bits per heavy atom. The second-order valence-corrected chi connectivity index (χ2v) is 6.08. The van der Waals surface area contributed by atoms with E-state index < -0.39 is 0 Å². The summed E-state index contributed by atoms with van der Waals surface area (Å²) in [6, 6.07) is 9.56. The number of thiophene rings is 1. The molecular weight excluding hydrogens is 323 g/mol. The average molecular weight is 343 g/mol. The van der Waals surface area contributed by atoms with Crippen molar-refractivity contribution in [2.24, 2.45) is 0 Å². The molecule has 0 unspecified atom stereocenters. The van der Waals surface area contributed by atoms with Gasteiger partial charge in [0, 0.05) is 31.1 Å². The van der Waals surface area contributed by atoms with Crippen LogP contribution < -0.4 is 10.1 Å². The van der Waals surface area contributed by atoms with Crippen LogP contribution in [-0.2, 0) is 0 Å². The molecule has 3 rings (SSSR count). The fraction of sp³-hybridized carbons (Fsp3) is 0.375. The Labute approximate surface area is 140 Å². The quantitative estimate of drug-likeness (QED) is 0.922. The molecule has 2 aromatic rings. The van der Waals surface area contributed by atoms with Crippen LogP contribution in [0.4, 0.5) is 4.39 Å². The van der Waals surface area contributed by atoms with Crippen molar-refractivity contribution < 1.29 is 9.13 Å². The maximum Gasteiger partial charge on any atom is 0.165 e. The fourth-order valence-corrected chi connectivity index (χ4v) is 3.67. The standard InChI is InChI=1S/C16H19FN2OS.ClH/c1-20-14-11-12(4-5-13(14)17)16(15-3-2-10-21-15)19-8-6-18-7-9-19;/h2-5,10-11,16,18H,6-9H2,1H3;1H/t16-;/m0./s1. The van der Waals surface area contributed by atoms with Crippen LogP contribution >= 0.6 is 23.7 Å². The number of halogens is 2. The smallest absolute Gasteiger partial charge is 0.165 e. The highest BCUT2D eigenvalue weighted by Crippen LogP contribution is 2.34. The van der Waals surface area contributed by atoms with Gasteiger partial charge in [-0.25, -0.2) is 4.39 Å². The third kappa shape index (κ3) is 3.60. The largest absolute Gasteiger partial charge is 0.494 e. The second-order valence-electron chi connectivity index (χ2n) is 5.10. The number of methoxy groups -OCH3 is 1. The molecule has 2 heterocycles. The molecule has 0 amide bonds. The monoisotopic (exact) mass is 342 g/mol. The molecule has 1 aliphatic rings. The molecule has 0 radical (unpaired) electrons. The van der Waals surface area contributed by atoms with Gasteiger partial charge in [-0.3, -0.25) is 4.90 Å². The number of hydrogen-bond acceptors (Lipinski definition) is 4. The summed E-state index contributed by atoms with van der Waals surface area (Å²) in [4.78, 5) is 3.72. The molecule has 6 heteroatoms. The highest BCUT2D eigenvalue weighted by Gasteiger charge is 2.25. The van der Waals surface area contributed by atoms with Gasteiger partial charge in [0.25, 0.3) is 0 Å². The SMILES string of the molecule is COc1cc([C@@H](c2cccs2)N2CCNCC2)ccc1F.Cl. The van der Waals surface area contributed by atoms with Gasteiger partial charge in [0.1, 0.15) is 0 Å². The van der Waals surface area contributed by atoms with E-state index in [9.17, 15) is 4.39 Å². The Hall–Kier alpha value is -1.14. The van der Waals surface area contributed by atoms with E-state index in [1.807, 2.05) is 12.1 Å². The number of hydrogen-bond donors (Lipinski definition) is 1. The zero-order valence-corrected chi connectivity index (χ0v) is 14.1. The van der Waals surface area contributed by atoms with Crippen LogP contribution in [0.1, 0.15) is 16.5 Å². The van der Waals surface area contributed by atoms with Crippen molar-refractivity contribution in [3.05, 3.63) is 52.0 Å². The number of rotatable bonds is 4. The van der Waals surface area contributed by atoms with E-state index in [0.717, 1.165) is 31.7 Å². The molecule has 1 saturated heterocycles. The maximum atomic E-state index is 13.7. The summed E-state index contributed by atoms with van der Waals surface area (Å²) in [5, 5.41) is 5.46. The summed E-state index contributed by atoms with van der Waals surface area (Å²) >= 11 is 1.74. The van der Waals surface area contributed by atoms with Crippen molar-refractivity contribution in [1.82, 2.24) is 10.2 Å². The molecule has 1 atom stereocenters. The lowest BCUT2D eigenvalue weighted by molar-refractivity contribution is 0.200. The van der Waals surface area contributed by atoms with E-state index in [2.05, 4.69) is 27.7 Å². The molecule has 0 saturated carbocycles. The highest BCUT2D eigenvalue weighted by molar-refractivity contribution is 7.10. The van der Waals surface area contributed by atoms with Crippen LogP contribution in [0.15, 0.2) is 35.7 Å².